The van der Waals surface area contributed by atoms with Gasteiger partial charge >= 0.3 is 0 Å². The fourth-order valence-corrected chi connectivity index (χ4v) is 4.01. The number of nitrogens with zero attached hydrogens (tertiary/aromatic N) is 2. The zero-order chi connectivity index (χ0) is 16.9. The fraction of sp³-hybridized carbons (Fsp3) is 0.263. The third-order valence-corrected chi connectivity index (χ3v) is 4.96. The van der Waals surface area contributed by atoms with Gasteiger partial charge in [0.15, 0.2) is 5.66 Å². The molecule has 2 amide bonds. The van der Waals surface area contributed by atoms with E-state index in [0.717, 1.165) is 11.1 Å². The minimum atomic E-state index is -0.959. The van der Waals surface area contributed by atoms with Gasteiger partial charge in [0, 0.05) is 36.2 Å². The smallest absolute Gasteiger partial charge is 0.256 e. The molecule has 1 N–H and O–H groups in total. The lowest BCUT2D eigenvalue weighted by Crippen LogP contribution is -2.51. The lowest BCUT2D eigenvalue weighted by Gasteiger charge is -2.40. The number of carbonyl (C=O) groups is 2. The van der Waals surface area contributed by atoms with Crippen molar-refractivity contribution in [2.45, 2.75) is 19.0 Å². The highest BCUT2D eigenvalue weighted by Crippen LogP contribution is 2.50. The van der Waals surface area contributed by atoms with Crippen LogP contribution in [0, 0.1) is 0 Å². The van der Waals surface area contributed by atoms with Crippen LogP contribution in [0.1, 0.15) is 34.8 Å². The fourth-order valence-electron chi connectivity index (χ4n) is 4.01. The predicted octanol–water partition coefficient (Wildman–Crippen LogP) is 2.30. The monoisotopic (exact) mass is 322 g/mol. The predicted molar refractivity (Wildman–Crippen MR) is 88.4 cm³/mol. The van der Waals surface area contributed by atoms with Crippen LogP contribution in [0.5, 0.6) is 5.75 Å². The van der Waals surface area contributed by atoms with Crippen molar-refractivity contribution in [1.29, 1.82) is 0 Å². The van der Waals surface area contributed by atoms with Crippen molar-refractivity contribution in [2.24, 2.45) is 0 Å². The van der Waals surface area contributed by atoms with E-state index in [2.05, 4.69) is 0 Å². The van der Waals surface area contributed by atoms with Gasteiger partial charge in [-0.15, -0.1) is 0 Å². The molecule has 1 atom stereocenters. The molecule has 2 aliphatic rings. The summed E-state index contributed by atoms with van der Waals surface area (Å²) in [5, 5.41) is 9.98. The van der Waals surface area contributed by atoms with Gasteiger partial charge in [0.2, 0.25) is 5.91 Å². The molecule has 4 rings (SSSR count). The van der Waals surface area contributed by atoms with Gasteiger partial charge in [0.05, 0.1) is 0 Å². The van der Waals surface area contributed by atoms with Gasteiger partial charge in [0.1, 0.15) is 5.75 Å². The van der Waals surface area contributed by atoms with Crippen LogP contribution in [0.15, 0.2) is 48.5 Å². The Labute approximate surface area is 140 Å². The second-order valence-electron chi connectivity index (χ2n) is 6.12. The maximum Gasteiger partial charge on any atom is 0.256 e. The van der Waals surface area contributed by atoms with Crippen LogP contribution in [0.3, 0.4) is 0 Å². The molecule has 2 aromatic rings. The molecule has 0 bridgehead atoms. The third kappa shape index (κ3) is 1.69. The normalized spacial score (nSPS) is 21.8. The van der Waals surface area contributed by atoms with E-state index in [1.807, 2.05) is 31.2 Å². The number of amides is 2. The second kappa shape index (κ2) is 5.09. The Morgan fingerprint density at radius 1 is 1.17 bits per heavy atom. The van der Waals surface area contributed by atoms with Crippen LogP contribution < -0.4 is 0 Å². The second-order valence-corrected chi connectivity index (χ2v) is 6.12. The number of phenolic OH excluding ortho intramolecular Hbond substituents is 1. The Kier molecular flexibility index (Phi) is 3.13. The summed E-state index contributed by atoms with van der Waals surface area (Å²) in [7, 11) is 0. The molecule has 0 radical (unpaired) electrons. The Morgan fingerprint density at radius 3 is 2.71 bits per heavy atom. The molecule has 5 nitrogen and oxygen atoms in total. The maximum absolute atomic E-state index is 12.9. The average molecular weight is 322 g/mol. The zero-order valence-electron chi connectivity index (χ0n) is 13.4. The van der Waals surface area contributed by atoms with Crippen LogP contribution in [0.25, 0.3) is 0 Å². The minimum absolute atomic E-state index is 0.00894. The molecule has 1 saturated heterocycles. The van der Waals surface area contributed by atoms with E-state index in [0.29, 0.717) is 25.1 Å². The number of rotatable bonds is 2. The van der Waals surface area contributed by atoms with E-state index < -0.39 is 5.66 Å². The Hall–Kier alpha value is -2.82. The van der Waals surface area contributed by atoms with Gasteiger partial charge in [-0.05, 0) is 18.2 Å². The standard InChI is InChI=1S/C19H18N2O3/c1-2-17(23)20-10-11-21-18(24)15-8-3-4-9-16(15)19(20,21)13-6-5-7-14(22)12-13/h3-9,12,22H,2,10-11H2,1H3. The van der Waals surface area contributed by atoms with Crippen molar-refractivity contribution in [3.8, 4) is 5.75 Å². The summed E-state index contributed by atoms with van der Waals surface area (Å²) in [6.07, 6.45) is 0.366. The highest BCUT2D eigenvalue weighted by atomic mass is 16.3. The summed E-state index contributed by atoms with van der Waals surface area (Å²) in [6, 6.07) is 14.3. The first kappa shape index (κ1) is 14.8. The van der Waals surface area contributed by atoms with Crippen molar-refractivity contribution in [2.75, 3.05) is 13.1 Å². The number of fused-ring (bicyclic) bond motifs is 3. The Bertz CT molecular complexity index is 848. The molecule has 0 saturated carbocycles. The minimum Gasteiger partial charge on any atom is -0.508 e. The number of aromatic hydroxyl groups is 1. The number of carbonyl (C=O) groups excluding carboxylic acids is 2. The molecular formula is C19H18N2O3. The first-order chi connectivity index (χ1) is 11.6. The van der Waals surface area contributed by atoms with Gasteiger partial charge in [0.25, 0.3) is 5.91 Å². The van der Waals surface area contributed by atoms with Crippen molar-refractivity contribution in [1.82, 2.24) is 9.80 Å². The Balaban J connectivity index is 2.04. The van der Waals surface area contributed by atoms with Crippen LogP contribution in [-0.2, 0) is 10.5 Å². The number of hydrogen-bond donors (Lipinski definition) is 1. The molecule has 0 spiro atoms. The number of benzene rings is 2. The molecule has 5 heteroatoms. The van der Waals surface area contributed by atoms with Crippen LogP contribution in [0.2, 0.25) is 0 Å². The molecule has 0 aromatic heterocycles. The van der Waals surface area contributed by atoms with Crippen molar-refractivity contribution in [3.05, 3.63) is 65.2 Å². The van der Waals surface area contributed by atoms with Crippen molar-refractivity contribution >= 4 is 11.8 Å². The molecule has 2 aromatic carbocycles. The van der Waals surface area contributed by atoms with Gasteiger partial charge < -0.3 is 14.9 Å². The van der Waals surface area contributed by atoms with Crippen LogP contribution >= 0.6 is 0 Å². The van der Waals surface area contributed by atoms with E-state index in [-0.39, 0.29) is 17.6 Å². The average Bonchev–Trinajstić information content (AvgIpc) is 3.11. The third-order valence-electron chi connectivity index (χ3n) is 4.96. The lowest BCUT2D eigenvalue weighted by molar-refractivity contribution is -0.136. The number of phenols is 1. The lowest BCUT2D eigenvalue weighted by atomic mass is 9.89. The van der Waals surface area contributed by atoms with E-state index in [9.17, 15) is 14.7 Å². The zero-order valence-corrected chi connectivity index (χ0v) is 13.4. The van der Waals surface area contributed by atoms with Crippen LogP contribution in [0.4, 0.5) is 0 Å². The largest absolute Gasteiger partial charge is 0.508 e. The highest BCUT2D eigenvalue weighted by Gasteiger charge is 2.59. The molecule has 1 fully saturated rings. The first-order valence-corrected chi connectivity index (χ1v) is 8.12. The summed E-state index contributed by atoms with van der Waals surface area (Å²) in [6.45, 7) is 2.79. The van der Waals surface area contributed by atoms with Gasteiger partial charge in [-0.2, -0.15) is 0 Å². The molecule has 2 heterocycles. The van der Waals surface area contributed by atoms with Gasteiger partial charge in [-0.1, -0.05) is 37.3 Å². The SMILES string of the molecule is CCC(=O)N1CCN2C(=O)c3ccccc3C12c1cccc(O)c1. The molecular weight excluding hydrogens is 304 g/mol. The van der Waals surface area contributed by atoms with Crippen molar-refractivity contribution < 1.29 is 14.7 Å². The van der Waals surface area contributed by atoms with Crippen LogP contribution in [-0.4, -0.2) is 39.8 Å². The van der Waals surface area contributed by atoms with E-state index >= 15 is 0 Å². The topological polar surface area (TPSA) is 60.9 Å². The summed E-state index contributed by atoms with van der Waals surface area (Å²) in [5.41, 5.74) is 1.20. The van der Waals surface area contributed by atoms with Crippen molar-refractivity contribution in [3.63, 3.8) is 0 Å². The summed E-state index contributed by atoms with van der Waals surface area (Å²) >= 11 is 0. The van der Waals surface area contributed by atoms with E-state index in [1.54, 1.807) is 34.1 Å². The summed E-state index contributed by atoms with van der Waals surface area (Å²) in [5.74, 6) is 0.0418. The van der Waals surface area contributed by atoms with Gasteiger partial charge in [-0.3, -0.25) is 9.59 Å². The van der Waals surface area contributed by atoms with E-state index in [4.69, 9.17) is 0 Å². The molecule has 2 aliphatic heterocycles. The molecule has 0 aliphatic carbocycles. The quantitative estimate of drug-likeness (QED) is 0.923. The maximum atomic E-state index is 12.9. The highest BCUT2D eigenvalue weighted by molar-refractivity contribution is 6.02. The summed E-state index contributed by atoms with van der Waals surface area (Å²) in [4.78, 5) is 29.1. The Morgan fingerprint density at radius 2 is 1.96 bits per heavy atom. The van der Waals surface area contributed by atoms with Gasteiger partial charge in [-0.25, -0.2) is 0 Å². The number of hydrogen-bond acceptors (Lipinski definition) is 3. The molecule has 24 heavy (non-hydrogen) atoms. The summed E-state index contributed by atoms with van der Waals surface area (Å²) < 4.78 is 0. The molecule has 1 unspecified atom stereocenters. The van der Waals surface area contributed by atoms with E-state index in [1.165, 1.54) is 0 Å². The molecule has 122 valence electrons. The first-order valence-electron chi connectivity index (χ1n) is 8.12.